The van der Waals surface area contributed by atoms with Gasteiger partial charge in [-0.15, -0.1) is 0 Å². The van der Waals surface area contributed by atoms with Gasteiger partial charge in [-0.1, -0.05) is 87.0 Å². The summed E-state index contributed by atoms with van der Waals surface area (Å²) in [4.78, 5) is 29.1. The molecule has 2 unspecified atom stereocenters. The third kappa shape index (κ3) is 7.50. The zero-order valence-corrected chi connectivity index (χ0v) is 24.9. The van der Waals surface area contributed by atoms with Gasteiger partial charge in [-0.3, -0.25) is 13.9 Å². The summed E-state index contributed by atoms with van der Waals surface area (Å²) in [5.41, 5.74) is 3.05. The molecule has 1 N–H and O–H groups in total. The number of nitrogens with one attached hydrogen (secondary N) is 1. The second-order valence-corrected chi connectivity index (χ2v) is 11.9. The van der Waals surface area contributed by atoms with Crippen molar-refractivity contribution in [1.29, 1.82) is 0 Å². The molecule has 7 nitrogen and oxygen atoms in total. The van der Waals surface area contributed by atoms with E-state index in [2.05, 4.69) is 5.32 Å². The molecule has 0 saturated heterocycles. The molecule has 0 radical (unpaired) electrons. The number of carbonyl (C=O) groups excluding carboxylic acids is 2. The van der Waals surface area contributed by atoms with Gasteiger partial charge in [-0.2, -0.15) is 0 Å². The highest BCUT2D eigenvalue weighted by molar-refractivity contribution is 7.92. The van der Waals surface area contributed by atoms with E-state index in [-0.39, 0.29) is 23.4 Å². The summed E-state index contributed by atoms with van der Waals surface area (Å²) in [6, 6.07) is 22.5. The number of aryl methyl sites for hydroxylation is 2. The van der Waals surface area contributed by atoms with Crippen molar-refractivity contribution in [2.45, 2.75) is 77.4 Å². The Hall–Kier alpha value is -3.65. The Labute approximate surface area is 239 Å². The van der Waals surface area contributed by atoms with Crippen LogP contribution in [0.25, 0.3) is 0 Å². The van der Waals surface area contributed by atoms with Crippen LogP contribution in [0.1, 0.15) is 57.2 Å². The minimum Gasteiger partial charge on any atom is -0.352 e. The summed E-state index contributed by atoms with van der Waals surface area (Å²) < 4.78 is 29.3. The topological polar surface area (TPSA) is 86.8 Å². The lowest BCUT2D eigenvalue weighted by atomic mass is 10.1. The van der Waals surface area contributed by atoms with Gasteiger partial charge in [0.05, 0.1) is 10.6 Å². The SMILES string of the molecule is CCc1ccccc1N(CC(=O)N(Cc1ccccc1)C(CC)C(=O)NC(C)CC)S(=O)(=O)c1ccc(C)cc1. The van der Waals surface area contributed by atoms with Crippen molar-refractivity contribution >= 4 is 27.5 Å². The van der Waals surface area contributed by atoms with E-state index in [1.807, 2.05) is 77.1 Å². The average molecular weight is 564 g/mol. The van der Waals surface area contributed by atoms with E-state index in [4.69, 9.17) is 0 Å². The molecule has 3 rings (SSSR count). The second-order valence-electron chi connectivity index (χ2n) is 10.1. The Balaban J connectivity index is 2.08. The average Bonchev–Trinajstić information content (AvgIpc) is 2.96. The van der Waals surface area contributed by atoms with Crippen LogP contribution in [0.4, 0.5) is 5.69 Å². The molecule has 2 amide bonds. The maximum atomic E-state index is 14.2. The Morgan fingerprint density at radius 1 is 0.850 bits per heavy atom. The summed E-state index contributed by atoms with van der Waals surface area (Å²) in [5, 5.41) is 3.00. The first kappa shape index (κ1) is 30.9. The highest BCUT2D eigenvalue weighted by Crippen LogP contribution is 2.28. The molecule has 0 saturated carbocycles. The molecule has 8 heteroatoms. The van der Waals surface area contributed by atoms with Gasteiger partial charge in [-0.05, 0) is 62.4 Å². The fourth-order valence-corrected chi connectivity index (χ4v) is 6.00. The van der Waals surface area contributed by atoms with E-state index in [0.29, 0.717) is 18.5 Å². The standard InChI is InChI=1S/C32H41N3O4S/c1-6-25(5)33-32(37)29(8-3)34(22-26-14-10-9-11-15-26)31(36)23-35(30-17-13-12-16-27(30)7-2)40(38,39)28-20-18-24(4)19-21-28/h9-21,25,29H,6-8,22-23H2,1-5H3,(H,33,37). The zero-order chi connectivity index (χ0) is 29.3. The Kier molecular flexibility index (Phi) is 10.9. The molecular formula is C32H41N3O4S. The highest BCUT2D eigenvalue weighted by atomic mass is 32.2. The second kappa shape index (κ2) is 14.1. The van der Waals surface area contributed by atoms with Crippen LogP contribution in [-0.2, 0) is 32.6 Å². The molecule has 0 fully saturated rings. The van der Waals surface area contributed by atoms with Crippen LogP contribution in [0.2, 0.25) is 0 Å². The van der Waals surface area contributed by atoms with E-state index >= 15 is 0 Å². The van der Waals surface area contributed by atoms with Crippen LogP contribution >= 0.6 is 0 Å². The fraction of sp³-hybridized carbons (Fsp3) is 0.375. The lowest BCUT2D eigenvalue weighted by Gasteiger charge is -2.34. The van der Waals surface area contributed by atoms with E-state index < -0.39 is 28.5 Å². The van der Waals surface area contributed by atoms with E-state index in [9.17, 15) is 18.0 Å². The molecule has 0 aromatic heterocycles. The number of benzene rings is 3. The summed E-state index contributed by atoms with van der Waals surface area (Å²) >= 11 is 0. The lowest BCUT2D eigenvalue weighted by molar-refractivity contribution is -0.140. The van der Waals surface area contributed by atoms with Crippen LogP contribution in [0.15, 0.2) is 83.8 Å². The van der Waals surface area contributed by atoms with Gasteiger partial charge in [-0.25, -0.2) is 8.42 Å². The molecule has 0 aliphatic rings. The van der Waals surface area contributed by atoms with E-state index in [0.717, 1.165) is 23.1 Å². The minimum atomic E-state index is -4.10. The molecule has 3 aromatic rings. The molecule has 3 aromatic carbocycles. The first-order valence-electron chi connectivity index (χ1n) is 13.9. The van der Waals surface area contributed by atoms with E-state index in [1.54, 1.807) is 36.4 Å². The Morgan fingerprint density at radius 2 is 1.48 bits per heavy atom. The van der Waals surface area contributed by atoms with Gasteiger partial charge in [0.15, 0.2) is 0 Å². The number of para-hydroxylation sites is 1. The third-order valence-electron chi connectivity index (χ3n) is 7.11. The van der Waals surface area contributed by atoms with Crippen molar-refractivity contribution in [1.82, 2.24) is 10.2 Å². The highest BCUT2D eigenvalue weighted by Gasteiger charge is 2.34. The van der Waals surface area contributed by atoms with Crippen molar-refractivity contribution in [2.24, 2.45) is 0 Å². The first-order valence-corrected chi connectivity index (χ1v) is 15.4. The summed E-state index contributed by atoms with van der Waals surface area (Å²) in [6.07, 6.45) is 1.73. The van der Waals surface area contributed by atoms with Crippen molar-refractivity contribution in [3.05, 3.63) is 95.6 Å². The minimum absolute atomic E-state index is 0.0509. The third-order valence-corrected chi connectivity index (χ3v) is 8.89. The molecule has 0 spiro atoms. The van der Waals surface area contributed by atoms with Gasteiger partial charge < -0.3 is 10.2 Å². The molecule has 0 aliphatic carbocycles. The molecular weight excluding hydrogens is 522 g/mol. The summed E-state index contributed by atoms with van der Waals surface area (Å²) in [6.45, 7) is 9.35. The molecule has 214 valence electrons. The van der Waals surface area contributed by atoms with Gasteiger partial charge in [0.25, 0.3) is 10.0 Å². The molecule has 0 heterocycles. The number of sulfonamides is 1. The van der Waals surface area contributed by atoms with Crippen molar-refractivity contribution in [2.75, 3.05) is 10.8 Å². The summed E-state index contributed by atoms with van der Waals surface area (Å²) in [5.74, 6) is -0.695. The van der Waals surface area contributed by atoms with E-state index in [1.165, 1.54) is 9.21 Å². The van der Waals surface area contributed by atoms with Crippen molar-refractivity contribution < 1.29 is 18.0 Å². The number of hydrogen-bond donors (Lipinski definition) is 1. The zero-order valence-electron chi connectivity index (χ0n) is 24.1. The smallest absolute Gasteiger partial charge is 0.264 e. The lowest BCUT2D eigenvalue weighted by Crippen LogP contribution is -2.53. The van der Waals surface area contributed by atoms with Gasteiger partial charge in [0.1, 0.15) is 12.6 Å². The predicted octanol–water partition coefficient (Wildman–Crippen LogP) is 5.47. The Morgan fingerprint density at radius 3 is 2.08 bits per heavy atom. The number of nitrogens with zero attached hydrogens (tertiary/aromatic N) is 2. The summed E-state index contributed by atoms with van der Waals surface area (Å²) in [7, 11) is -4.10. The normalized spacial score (nSPS) is 12.8. The molecule has 40 heavy (non-hydrogen) atoms. The van der Waals surface area contributed by atoms with Gasteiger partial charge >= 0.3 is 0 Å². The van der Waals surface area contributed by atoms with Crippen LogP contribution in [-0.4, -0.2) is 43.8 Å². The van der Waals surface area contributed by atoms with Gasteiger partial charge in [0.2, 0.25) is 11.8 Å². The quantitative estimate of drug-likeness (QED) is 0.299. The maximum Gasteiger partial charge on any atom is 0.264 e. The molecule has 0 bridgehead atoms. The van der Waals surface area contributed by atoms with Crippen LogP contribution in [0, 0.1) is 6.92 Å². The maximum absolute atomic E-state index is 14.2. The van der Waals surface area contributed by atoms with Gasteiger partial charge in [0, 0.05) is 12.6 Å². The van der Waals surface area contributed by atoms with Crippen LogP contribution in [0.3, 0.4) is 0 Å². The number of rotatable bonds is 13. The number of hydrogen-bond acceptors (Lipinski definition) is 4. The predicted molar refractivity (Wildman–Crippen MR) is 160 cm³/mol. The fourth-order valence-electron chi connectivity index (χ4n) is 4.54. The molecule has 0 aliphatic heterocycles. The van der Waals surface area contributed by atoms with Crippen LogP contribution < -0.4 is 9.62 Å². The van der Waals surface area contributed by atoms with Crippen molar-refractivity contribution in [3.8, 4) is 0 Å². The molecule has 2 atom stereocenters. The first-order chi connectivity index (χ1) is 19.1. The van der Waals surface area contributed by atoms with Crippen molar-refractivity contribution in [3.63, 3.8) is 0 Å². The largest absolute Gasteiger partial charge is 0.352 e. The number of amides is 2. The number of anilines is 1. The van der Waals surface area contributed by atoms with Crippen LogP contribution in [0.5, 0.6) is 0 Å². The monoisotopic (exact) mass is 563 g/mol. The number of carbonyl (C=O) groups is 2. The Bertz CT molecular complexity index is 1370.